The van der Waals surface area contributed by atoms with Crippen LogP contribution in [0.5, 0.6) is 11.5 Å². The molecule has 0 bridgehead atoms. The molecule has 1 saturated carbocycles. The summed E-state index contributed by atoms with van der Waals surface area (Å²) in [5.41, 5.74) is -0.428. The second-order valence-electron chi connectivity index (χ2n) is 7.27. The molecule has 4 atom stereocenters. The van der Waals surface area contributed by atoms with Crippen LogP contribution in [-0.4, -0.2) is 40.1 Å². The van der Waals surface area contributed by atoms with Gasteiger partial charge in [0.15, 0.2) is 5.41 Å². The number of rotatable bonds is 3. The summed E-state index contributed by atoms with van der Waals surface area (Å²) in [6, 6.07) is 11.6. The molecule has 2 N–H and O–H groups in total. The molecule has 28 heavy (non-hydrogen) atoms. The van der Waals surface area contributed by atoms with Crippen molar-refractivity contribution >= 4 is 5.71 Å². The quantitative estimate of drug-likeness (QED) is 0.765. The number of benzene rings is 1. The van der Waals surface area contributed by atoms with Crippen LogP contribution in [0, 0.1) is 56.7 Å². The second kappa shape index (κ2) is 7.35. The highest BCUT2D eigenvalue weighted by Gasteiger charge is 2.59. The first kappa shape index (κ1) is 19.4. The first-order valence-corrected chi connectivity index (χ1v) is 9.01. The van der Waals surface area contributed by atoms with Gasteiger partial charge in [-0.05, 0) is 29.8 Å². The van der Waals surface area contributed by atoms with Crippen molar-refractivity contribution in [2.24, 2.45) is 17.3 Å². The van der Waals surface area contributed by atoms with Crippen LogP contribution in [0.2, 0.25) is 0 Å². The summed E-state index contributed by atoms with van der Waals surface area (Å²) in [6.45, 7) is 1.40. The van der Waals surface area contributed by atoms with Crippen molar-refractivity contribution in [3.8, 4) is 29.7 Å². The van der Waals surface area contributed by atoms with Crippen LogP contribution in [-0.2, 0) is 0 Å². The van der Waals surface area contributed by atoms with Crippen molar-refractivity contribution in [2.45, 2.75) is 5.92 Å². The Morgan fingerprint density at radius 3 is 2.46 bits per heavy atom. The van der Waals surface area contributed by atoms with Crippen molar-refractivity contribution in [1.29, 1.82) is 21.2 Å². The fourth-order valence-electron chi connectivity index (χ4n) is 4.48. The smallest absolute Gasteiger partial charge is 0.190 e. The molecule has 7 nitrogen and oxygen atoms in total. The Balaban J connectivity index is 2.33. The van der Waals surface area contributed by atoms with Gasteiger partial charge in [-0.2, -0.15) is 15.8 Å². The van der Waals surface area contributed by atoms with E-state index in [1.165, 1.54) is 12.0 Å². The number of quaternary nitrogens is 1. The third-order valence-corrected chi connectivity index (χ3v) is 5.85. The van der Waals surface area contributed by atoms with Gasteiger partial charge in [0.2, 0.25) is 0 Å². The van der Waals surface area contributed by atoms with Crippen LogP contribution in [0.25, 0.3) is 0 Å². The Morgan fingerprint density at radius 1 is 1.18 bits per heavy atom. The van der Waals surface area contributed by atoms with Crippen molar-refractivity contribution in [2.75, 3.05) is 34.4 Å². The maximum atomic E-state index is 10.1. The third-order valence-electron chi connectivity index (χ3n) is 5.85. The molecule has 0 amide bonds. The van der Waals surface area contributed by atoms with Gasteiger partial charge in [0.1, 0.15) is 17.4 Å². The predicted molar refractivity (Wildman–Crippen MR) is 101 cm³/mol. The molecule has 2 aliphatic rings. The van der Waals surface area contributed by atoms with Gasteiger partial charge in [-0.1, -0.05) is 0 Å². The fraction of sp³-hybridized carbons (Fsp3) is 0.429. The van der Waals surface area contributed by atoms with E-state index in [4.69, 9.17) is 14.9 Å². The Hall–Kier alpha value is -3.34. The summed E-state index contributed by atoms with van der Waals surface area (Å²) >= 11 is 0. The van der Waals surface area contributed by atoms with Crippen LogP contribution in [0.4, 0.5) is 0 Å². The van der Waals surface area contributed by atoms with Gasteiger partial charge in [-0.15, -0.1) is 0 Å². The van der Waals surface area contributed by atoms with E-state index in [-0.39, 0.29) is 11.6 Å². The number of fused-ring (bicyclic) bond motifs is 1. The molecule has 1 aliphatic heterocycles. The molecule has 1 aromatic rings. The summed E-state index contributed by atoms with van der Waals surface area (Å²) in [5, 5.41) is 38.5. The maximum Gasteiger partial charge on any atom is 0.190 e. The standard InChI is InChI=1S/C21H21N5O2/c1-26-7-6-14-16(9-22)20(25)21(11-23,12-24)19(17(14)10-26)15-8-13(27-2)4-5-18(15)28-3/h4-6,8,16-17,19,25H,7,10H2,1-3H3/p+1/t16?,17-,19-/m0/s1. The minimum atomic E-state index is -1.75. The van der Waals surface area contributed by atoms with Gasteiger partial charge in [0.05, 0.1) is 58.3 Å². The van der Waals surface area contributed by atoms with Crippen molar-refractivity contribution in [1.82, 2.24) is 0 Å². The molecule has 2 unspecified atom stereocenters. The van der Waals surface area contributed by atoms with Crippen LogP contribution in [0.1, 0.15) is 11.5 Å². The molecule has 0 saturated heterocycles. The van der Waals surface area contributed by atoms with Crippen molar-refractivity contribution < 1.29 is 14.4 Å². The molecule has 1 aromatic carbocycles. The molecule has 0 aromatic heterocycles. The monoisotopic (exact) mass is 376 g/mol. The van der Waals surface area contributed by atoms with Gasteiger partial charge >= 0.3 is 0 Å². The van der Waals surface area contributed by atoms with E-state index in [0.717, 1.165) is 12.1 Å². The third kappa shape index (κ3) is 2.71. The average Bonchev–Trinajstić information content (AvgIpc) is 2.72. The highest BCUT2D eigenvalue weighted by molar-refractivity contribution is 6.01. The number of hydrogen-bond donors (Lipinski definition) is 2. The predicted octanol–water partition coefficient (Wildman–Crippen LogP) is 1.07. The van der Waals surface area contributed by atoms with Crippen molar-refractivity contribution in [3.05, 3.63) is 35.4 Å². The summed E-state index contributed by atoms with van der Waals surface area (Å²) in [4.78, 5) is 1.22. The molecule has 142 valence electrons. The summed E-state index contributed by atoms with van der Waals surface area (Å²) in [5.74, 6) is -0.604. The van der Waals surface area contributed by atoms with E-state index in [9.17, 15) is 15.8 Å². The van der Waals surface area contributed by atoms with Crippen LogP contribution in [0.15, 0.2) is 29.8 Å². The Morgan fingerprint density at radius 2 is 1.89 bits per heavy atom. The number of nitriles is 3. The van der Waals surface area contributed by atoms with E-state index in [0.29, 0.717) is 23.6 Å². The number of nitrogens with zero attached hydrogens (tertiary/aromatic N) is 3. The first-order chi connectivity index (χ1) is 13.5. The van der Waals surface area contributed by atoms with Crippen molar-refractivity contribution in [3.63, 3.8) is 0 Å². The van der Waals surface area contributed by atoms with Gasteiger partial charge in [-0.25, -0.2) is 0 Å². The Labute approximate surface area is 164 Å². The lowest BCUT2D eigenvalue weighted by atomic mass is 9.54. The topological polar surface area (TPSA) is 118 Å². The van der Waals surface area contributed by atoms with Gasteiger partial charge in [0.25, 0.3) is 0 Å². The Kier molecular flexibility index (Phi) is 5.10. The zero-order valence-corrected chi connectivity index (χ0v) is 16.1. The molecule has 0 radical (unpaired) electrons. The van der Waals surface area contributed by atoms with Crippen LogP contribution >= 0.6 is 0 Å². The zero-order valence-electron chi connectivity index (χ0n) is 16.1. The molecule has 3 rings (SSSR count). The van der Waals surface area contributed by atoms with Gasteiger partial charge in [-0.3, -0.25) is 0 Å². The van der Waals surface area contributed by atoms with E-state index in [1.807, 2.05) is 13.1 Å². The maximum absolute atomic E-state index is 10.1. The normalized spacial score (nSPS) is 28.0. The molecule has 1 heterocycles. The first-order valence-electron chi connectivity index (χ1n) is 9.01. The Bertz CT molecular complexity index is 948. The van der Waals surface area contributed by atoms with Crippen LogP contribution in [0.3, 0.4) is 0 Å². The van der Waals surface area contributed by atoms with E-state index in [2.05, 4.69) is 18.2 Å². The number of hydrogen-bond acceptors (Lipinski definition) is 6. The lowest BCUT2D eigenvalue weighted by molar-refractivity contribution is -0.878. The molecule has 7 heteroatoms. The molecule has 1 fully saturated rings. The number of methoxy groups -OCH3 is 2. The molecule has 0 spiro atoms. The second-order valence-corrected chi connectivity index (χ2v) is 7.27. The lowest BCUT2D eigenvalue weighted by Crippen LogP contribution is -3.10. The lowest BCUT2D eigenvalue weighted by Gasteiger charge is -2.46. The zero-order chi connectivity index (χ0) is 20.5. The molecular formula is C21H22N5O2+. The van der Waals surface area contributed by atoms with E-state index in [1.54, 1.807) is 25.3 Å². The summed E-state index contributed by atoms with van der Waals surface area (Å²) in [6.07, 6.45) is 1.99. The highest BCUT2D eigenvalue weighted by Crippen LogP contribution is 2.54. The highest BCUT2D eigenvalue weighted by atomic mass is 16.5. The molecular weight excluding hydrogens is 354 g/mol. The van der Waals surface area contributed by atoms with Gasteiger partial charge < -0.3 is 19.8 Å². The summed E-state index contributed by atoms with van der Waals surface area (Å²) < 4.78 is 10.9. The number of likely N-dealkylation sites (N-methyl/N-ethyl adjacent to an activating group) is 1. The molecule has 1 aliphatic carbocycles. The minimum absolute atomic E-state index is 0.156. The minimum Gasteiger partial charge on any atom is -0.497 e. The fourth-order valence-corrected chi connectivity index (χ4v) is 4.48. The number of nitrogens with one attached hydrogen (secondary N) is 2. The van der Waals surface area contributed by atoms with E-state index < -0.39 is 17.3 Å². The SMILES string of the molecule is COc1ccc(OC)c([C@H]2[C@H]3C[NH+](C)CC=C3C(C#N)C(=N)C2(C#N)C#N)c1. The number of ether oxygens (including phenoxy) is 2. The van der Waals surface area contributed by atoms with Crippen LogP contribution < -0.4 is 14.4 Å². The summed E-state index contributed by atoms with van der Waals surface area (Å²) in [7, 11) is 5.12. The van der Waals surface area contributed by atoms with E-state index >= 15 is 0 Å². The van der Waals surface area contributed by atoms with Gasteiger partial charge in [0, 0.05) is 17.4 Å². The average molecular weight is 376 g/mol. The largest absolute Gasteiger partial charge is 0.497 e.